The van der Waals surface area contributed by atoms with Gasteiger partial charge in [-0.05, 0) is 36.2 Å². The van der Waals surface area contributed by atoms with Crippen LogP contribution in [-0.4, -0.2) is 14.8 Å². The Morgan fingerprint density at radius 1 is 1.11 bits per heavy atom. The quantitative estimate of drug-likeness (QED) is 0.690. The molecule has 0 amide bonds. The minimum atomic E-state index is -0.248. The molecule has 3 rings (SSSR count). The summed E-state index contributed by atoms with van der Waals surface area (Å²) in [6.07, 6.45) is 6.39. The van der Waals surface area contributed by atoms with Gasteiger partial charge in [-0.2, -0.15) is 5.10 Å². The van der Waals surface area contributed by atoms with Gasteiger partial charge in [0.15, 0.2) is 0 Å². The molecule has 18 heavy (non-hydrogen) atoms. The van der Waals surface area contributed by atoms with Crippen molar-refractivity contribution in [1.29, 1.82) is 0 Å². The van der Waals surface area contributed by atoms with Gasteiger partial charge in [0, 0.05) is 11.6 Å². The van der Waals surface area contributed by atoms with Crippen LogP contribution in [0.5, 0.6) is 0 Å². The van der Waals surface area contributed by atoms with E-state index in [2.05, 4.69) is 17.0 Å². The molecule has 0 aliphatic heterocycles. The fourth-order valence-corrected chi connectivity index (χ4v) is 2.07. The van der Waals surface area contributed by atoms with Gasteiger partial charge in [0.1, 0.15) is 5.82 Å². The molecule has 90 valence electrons. The lowest BCUT2D eigenvalue weighted by Gasteiger charge is -2.04. The monoisotopic (exact) mass is 241 g/mol. The highest BCUT2D eigenvalue weighted by Gasteiger charge is 2.08. The second-order valence-corrected chi connectivity index (χ2v) is 4.12. The number of pyridine rings is 1. The number of aromatic nitrogens is 3. The van der Waals surface area contributed by atoms with Crippen LogP contribution in [0.25, 0.3) is 16.6 Å². The lowest BCUT2D eigenvalue weighted by molar-refractivity contribution is 0.627. The lowest BCUT2D eigenvalue weighted by Crippen LogP contribution is -1.96. The van der Waals surface area contributed by atoms with E-state index < -0.39 is 0 Å². The summed E-state index contributed by atoms with van der Waals surface area (Å²) in [7, 11) is 0. The van der Waals surface area contributed by atoms with Crippen molar-refractivity contribution in [1.82, 2.24) is 14.8 Å². The summed E-state index contributed by atoms with van der Waals surface area (Å²) in [5.41, 5.74) is 2.95. The second kappa shape index (κ2) is 4.22. The molecule has 1 aromatic carbocycles. The van der Waals surface area contributed by atoms with Crippen LogP contribution < -0.4 is 0 Å². The minimum absolute atomic E-state index is 0.248. The predicted molar refractivity (Wildman–Crippen MR) is 68.2 cm³/mol. The molecule has 2 aromatic heterocycles. The summed E-state index contributed by atoms with van der Waals surface area (Å²) in [6, 6.07) is 6.28. The molecule has 0 aliphatic carbocycles. The molecule has 0 aliphatic rings. The molecule has 0 fully saturated rings. The molecule has 0 saturated heterocycles. The average Bonchev–Trinajstić information content (AvgIpc) is 2.83. The lowest BCUT2D eigenvalue weighted by atomic mass is 10.1. The van der Waals surface area contributed by atoms with Crippen LogP contribution in [0, 0.1) is 5.82 Å². The average molecular weight is 241 g/mol. The Bertz CT molecular complexity index is 686. The molecule has 4 heteroatoms. The first-order valence-corrected chi connectivity index (χ1v) is 5.86. The predicted octanol–water partition coefficient (Wildman–Crippen LogP) is 3.12. The van der Waals surface area contributed by atoms with Crippen molar-refractivity contribution in [3.63, 3.8) is 0 Å². The van der Waals surface area contributed by atoms with Gasteiger partial charge in [0.25, 0.3) is 0 Å². The Labute approximate surface area is 104 Å². The Balaban J connectivity index is 2.21. The van der Waals surface area contributed by atoms with Crippen LogP contribution in [0.3, 0.4) is 0 Å². The number of hydrogen-bond acceptors (Lipinski definition) is 2. The summed E-state index contributed by atoms with van der Waals surface area (Å²) in [4.78, 5) is 4.22. The summed E-state index contributed by atoms with van der Waals surface area (Å²) in [5, 5.41) is 5.45. The normalized spacial score (nSPS) is 11.0. The largest absolute Gasteiger partial charge is 0.262 e. The molecule has 0 spiro atoms. The summed E-state index contributed by atoms with van der Waals surface area (Å²) in [6.45, 7) is 2.09. The Morgan fingerprint density at radius 2 is 1.89 bits per heavy atom. The fourth-order valence-electron chi connectivity index (χ4n) is 2.07. The maximum atomic E-state index is 12.9. The van der Waals surface area contributed by atoms with Gasteiger partial charge in [-0.3, -0.25) is 4.98 Å². The Morgan fingerprint density at radius 3 is 2.61 bits per heavy atom. The number of aryl methyl sites for hydroxylation is 1. The third-order valence-electron chi connectivity index (χ3n) is 3.03. The van der Waals surface area contributed by atoms with Crippen molar-refractivity contribution in [2.75, 3.05) is 0 Å². The van der Waals surface area contributed by atoms with Crippen LogP contribution in [-0.2, 0) is 6.42 Å². The molecular weight excluding hydrogens is 229 g/mol. The van der Waals surface area contributed by atoms with Crippen molar-refractivity contribution in [3.8, 4) is 5.69 Å². The van der Waals surface area contributed by atoms with Crippen LogP contribution >= 0.6 is 0 Å². The van der Waals surface area contributed by atoms with E-state index in [0.717, 1.165) is 23.0 Å². The van der Waals surface area contributed by atoms with Gasteiger partial charge < -0.3 is 0 Å². The van der Waals surface area contributed by atoms with Crippen molar-refractivity contribution in [2.24, 2.45) is 0 Å². The van der Waals surface area contributed by atoms with E-state index >= 15 is 0 Å². The highest BCUT2D eigenvalue weighted by atomic mass is 19.1. The van der Waals surface area contributed by atoms with Crippen molar-refractivity contribution >= 4 is 10.9 Å². The first kappa shape index (κ1) is 10.9. The topological polar surface area (TPSA) is 30.7 Å². The van der Waals surface area contributed by atoms with Crippen molar-refractivity contribution < 1.29 is 4.39 Å². The van der Waals surface area contributed by atoms with E-state index in [0.29, 0.717) is 0 Å². The molecule has 0 radical (unpaired) electrons. The zero-order valence-corrected chi connectivity index (χ0v) is 9.97. The van der Waals surface area contributed by atoms with E-state index in [1.807, 2.05) is 12.4 Å². The van der Waals surface area contributed by atoms with Crippen molar-refractivity contribution in [2.45, 2.75) is 13.3 Å². The first-order valence-electron chi connectivity index (χ1n) is 5.86. The van der Waals surface area contributed by atoms with Gasteiger partial charge in [-0.15, -0.1) is 0 Å². The Hall–Kier alpha value is -2.23. The number of nitrogens with zero attached hydrogens (tertiary/aromatic N) is 3. The molecular formula is C14H12FN3. The van der Waals surface area contributed by atoms with Gasteiger partial charge in [0.2, 0.25) is 0 Å². The smallest absolute Gasteiger partial charge is 0.123 e. The third-order valence-corrected chi connectivity index (χ3v) is 3.03. The Kier molecular flexibility index (Phi) is 2.55. The number of halogens is 1. The maximum Gasteiger partial charge on any atom is 0.123 e. The first-order chi connectivity index (χ1) is 8.79. The van der Waals surface area contributed by atoms with Crippen LogP contribution in [0.15, 0.2) is 42.9 Å². The van der Waals surface area contributed by atoms with Gasteiger partial charge in [-0.25, -0.2) is 9.07 Å². The van der Waals surface area contributed by atoms with Gasteiger partial charge in [0.05, 0.1) is 23.6 Å². The van der Waals surface area contributed by atoms with E-state index in [4.69, 9.17) is 0 Å². The van der Waals surface area contributed by atoms with Crippen LogP contribution in [0.1, 0.15) is 12.5 Å². The molecule has 0 atom stereocenters. The summed E-state index contributed by atoms with van der Waals surface area (Å²) >= 11 is 0. The SMILES string of the molecule is CCc1cncc2c1cnn2-c1ccc(F)cc1. The number of benzene rings is 1. The maximum absolute atomic E-state index is 12.9. The molecule has 3 aromatic rings. The zero-order chi connectivity index (χ0) is 12.5. The third kappa shape index (κ3) is 1.66. The molecule has 2 heterocycles. The van der Waals surface area contributed by atoms with Crippen molar-refractivity contribution in [3.05, 3.63) is 54.2 Å². The van der Waals surface area contributed by atoms with Crippen LogP contribution in [0.2, 0.25) is 0 Å². The standard InChI is InChI=1S/C14H12FN3/c1-2-10-7-16-9-14-13(10)8-17-18(14)12-5-3-11(15)4-6-12/h3-9H,2H2,1H3. The molecule has 0 N–H and O–H groups in total. The van der Waals surface area contributed by atoms with Gasteiger partial charge in [-0.1, -0.05) is 6.92 Å². The fraction of sp³-hybridized carbons (Fsp3) is 0.143. The number of rotatable bonds is 2. The van der Waals surface area contributed by atoms with Gasteiger partial charge >= 0.3 is 0 Å². The minimum Gasteiger partial charge on any atom is -0.262 e. The number of fused-ring (bicyclic) bond motifs is 1. The molecule has 0 saturated carbocycles. The van der Waals surface area contributed by atoms with E-state index in [9.17, 15) is 4.39 Å². The molecule has 0 unspecified atom stereocenters. The second-order valence-electron chi connectivity index (χ2n) is 4.12. The molecule has 0 bridgehead atoms. The summed E-state index contributed by atoms with van der Waals surface area (Å²) < 4.78 is 14.7. The number of hydrogen-bond donors (Lipinski definition) is 0. The van der Waals surface area contributed by atoms with E-state index in [-0.39, 0.29) is 5.82 Å². The highest BCUT2D eigenvalue weighted by molar-refractivity contribution is 5.82. The zero-order valence-electron chi connectivity index (χ0n) is 9.97. The van der Waals surface area contributed by atoms with Crippen LogP contribution in [0.4, 0.5) is 4.39 Å². The van der Waals surface area contributed by atoms with E-state index in [1.54, 1.807) is 23.0 Å². The highest BCUT2D eigenvalue weighted by Crippen LogP contribution is 2.21. The molecule has 3 nitrogen and oxygen atoms in total. The summed E-state index contributed by atoms with van der Waals surface area (Å²) in [5.74, 6) is -0.248. The van der Waals surface area contributed by atoms with E-state index in [1.165, 1.54) is 17.7 Å².